The Morgan fingerprint density at radius 2 is 1.91 bits per heavy atom. The van der Waals surface area contributed by atoms with Crippen LogP contribution in [-0.2, 0) is 4.74 Å². The van der Waals surface area contributed by atoms with E-state index in [0.29, 0.717) is 6.04 Å². The van der Waals surface area contributed by atoms with Gasteiger partial charge in [0.25, 0.3) is 0 Å². The van der Waals surface area contributed by atoms with Crippen molar-refractivity contribution in [2.24, 2.45) is 0 Å². The number of fused-ring (bicyclic) bond motifs is 3. The Balaban J connectivity index is 1.83. The molecule has 0 amide bonds. The molecule has 2 aromatic heterocycles. The van der Waals surface area contributed by atoms with Gasteiger partial charge in [0.15, 0.2) is 0 Å². The number of benzene rings is 1. The van der Waals surface area contributed by atoms with E-state index in [0.717, 1.165) is 38.5 Å². The third kappa shape index (κ3) is 2.52. The Morgan fingerprint density at radius 3 is 2.74 bits per heavy atom. The molecule has 1 aliphatic rings. The van der Waals surface area contributed by atoms with Crippen LogP contribution in [0.15, 0.2) is 36.5 Å². The summed E-state index contributed by atoms with van der Waals surface area (Å²) in [7, 11) is 0. The van der Waals surface area contributed by atoms with Gasteiger partial charge in [-0.15, -0.1) is 0 Å². The van der Waals surface area contributed by atoms with Gasteiger partial charge in [-0.3, -0.25) is 9.88 Å². The highest BCUT2D eigenvalue weighted by Crippen LogP contribution is 2.33. The molecule has 1 atom stereocenters. The Labute approximate surface area is 136 Å². The molecule has 0 bridgehead atoms. The van der Waals surface area contributed by atoms with Gasteiger partial charge in [-0.1, -0.05) is 18.2 Å². The summed E-state index contributed by atoms with van der Waals surface area (Å²) in [6.07, 6.45) is 1.92. The summed E-state index contributed by atoms with van der Waals surface area (Å²) in [5, 5.41) is 2.63. The third-order valence-corrected chi connectivity index (χ3v) is 4.87. The maximum absolute atomic E-state index is 5.47. The molecule has 0 radical (unpaired) electrons. The van der Waals surface area contributed by atoms with Crippen LogP contribution >= 0.6 is 0 Å². The first-order valence-corrected chi connectivity index (χ1v) is 8.40. The van der Waals surface area contributed by atoms with Crippen LogP contribution in [0, 0.1) is 6.92 Å². The first kappa shape index (κ1) is 14.7. The molecule has 23 heavy (non-hydrogen) atoms. The van der Waals surface area contributed by atoms with Crippen molar-refractivity contribution in [1.82, 2.24) is 14.5 Å². The van der Waals surface area contributed by atoms with E-state index in [4.69, 9.17) is 4.74 Å². The Kier molecular flexibility index (Phi) is 3.79. The van der Waals surface area contributed by atoms with Crippen molar-refractivity contribution in [3.8, 4) is 0 Å². The average molecular weight is 309 g/mol. The molecule has 1 aliphatic heterocycles. The van der Waals surface area contributed by atoms with E-state index < -0.39 is 0 Å². The van der Waals surface area contributed by atoms with Gasteiger partial charge in [0.2, 0.25) is 0 Å². The normalized spacial score (nSPS) is 17.8. The van der Waals surface area contributed by atoms with Gasteiger partial charge in [0, 0.05) is 48.2 Å². The number of aromatic nitrogens is 2. The predicted octanol–water partition coefficient (Wildman–Crippen LogP) is 3.39. The average Bonchev–Trinajstić information content (AvgIpc) is 2.92. The van der Waals surface area contributed by atoms with Crippen LogP contribution < -0.4 is 0 Å². The fraction of sp³-hybridized carbons (Fsp3) is 0.421. The van der Waals surface area contributed by atoms with Crippen molar-refractivity contribution in [2.75, 3.05) is 32.8 Å². The summed E-state index contributed by atoms with van der Waals surface area (Å²) >= 11 is 0. The largest absolute Gasteiger partial charge is 0.379 e. The van der Waals surface area contributed by atoms with Gasteiger partial charge in [0.05, 0.1) is 24.4 Å². The minimum atomic E-state index is 0.401. The Morgan fingerprint density at radius 1 is 1.13 bits per heavy atom. The van der Waals surface area contributed by atoms with Gasteiger partial charge in [0.1, 0.15) is 0 Å². The lowest BCUT2D eigenvalue weighted by atomic mass is 10.2. The zero-order valence-corrected chi connectivity index (χ0v) is 13.8. The molecule has 0 N–H and O–H groups in total. The van der Waals surface area contributed by atoms with Crippen LogP contribution in [0.25, 0.3) is 21.8 Å². The van der Waals surface area contributed by atoms with Gasteiger partial charge in [-0.25, -0.2) is 0 Å². The topological polar surface area (TPSA) is 30.3 Å². The lowest BCUT2D eigenvalue weighted by Crippen LogP contribution is -2.39. The molecule has 0 spiro atoms. The van der Waals surface area contributed by atoms with Crippen molar-refractivity contribution in [1.29, 1.82) is 0 Å². The van der Waals surface area contributed by atoms with E-state index in [2.05, 4.69) is 58.6 Å². The second kappa shape index (κ2) is 5.95. The summed E-state index contributed by atoms with van der Waals surface area (Å²) in [6.45, 7) is 9.22. The highest BCUT2D eigenvalue weighted by Gasteiger charge is 2.20. The van der Waals surface area contributed by atoms with Crippen LogP contribution in [0.3, 0.4) is 0 Å². The van der Waals surface area contributed by atoms with Crippen molar-refractivity contribution >= 4 is 21.8 Å². The van der Waals surface area contributed by atoms with Crippen molar-refractivity contribution in [3.63, 3.8) is 0 Å². The molecule has 1 saturated heterocycles. The predicted molar refractivity (Wildman–Crippen MR) is 93.9 cm³/mol. The highest BCUT2D eigenvalue weighted by molar-refractivity contribution is 6.08. The van der Waals surface area contributed by atoms with Crippen molar-refractivity contribution in [2.45, 2.75) is 19.9 Å². The summed E-state index contributed by atoms with van der Waals surface area (Å²) in [5.74, 6) is 0. The monoisotopic (exact) mass is 309 g/mol. The summed E-state index contributed by atoms with van der Waals surface area (Å²) in [4.78, 5) is 7.04. The summed E-state index contributed by atoms with van der Waals surface area (Å²) in [6, 6.07) is 11.2. The zero-order chi connectivity index (χ0) is 15.8. The first-order chi connectivity index (χ1) is 11.3. The first-order valence-electron chi connectivity index (χ1n) is 8.40. The minimum Gasteiger partial charge on any atom is -0.379 e. The molecule has 4 rings (SSSR count). The number of pyridine rings is 1. The maximum atomic E-state index is 5.47. The van der Waals surface area contributed by atoms with Crippen LogP contribution in [0.4, 0.5) is 0 Å². The molecule has 1 aromatic carbocycles. The van der Waals surface area contributed by atoms with Crippen molar-refractivity contribution in [3.05, 3.63) is 42.2 Å². The van der Waals surface area contributed by atoms with Crippen LogP contribution in [0.2, 0.25) is 0 Å². The van der Waals surface area contributed by atoms with E-state index in [1.807, 2.05) is 6.20 Å². The van der Waals surface area contributed by atoms with E-state index in [-0.39, 0.29) is 0 Å². The van der Waals surface area contributed by atoms with Gasteiger partial charge < -0.3 is 9.30 Å². The van der Waals surface area contributed by atoms with E-state index in [9.17, 15) is 0 Å². The minimum absolute atomic E-state index is 0.401. The second-order valence-electron chi connectivity index (χ2n) is 6.44. The fourth-order valence-corrected chi connectivity index (χ4v) is 3.81. The van der Waals surface area contributed by atoms with Crippen LogP contribution in [-0.4, -0.2) is 47.3 Å². The molecule has 4 nitrogen and oxygen atoms in total. The number of aryl methyl sites for hydroxylation is 1. The molecule has 3 heterocycles. The molecule has 3 aromatic rings. The van der Waals surface area contributed by atoms with Crippen LogP contribution in [0.5, 0.6) is 0 Å². The zero-order valence-electron chi connectivity index (χ0n) is 13.8. The number of morpholine rings is 1. The summed E-state index contributed by atoms with van der Waals surface area (Å²) < 4.78 is 7.95. The molecule has 4 heteroatoms. The molecule has 1 unspecified atom stereocenters. The Bertz CT molecular complexity index is 833. The van der Waals surface area contributed by atoms with Gasteiger partial charge in [-0.2, -0.15) is 0 Å². The van der Waals surface area contributed by atoms with Gasteiger partial charge >= 0.3 is 0 Å². The number of nitrogens with zero attached hydrogens (tertiary/aromatic N) is 3. The van der Waals surface area contributed by atoms with E-state index >= 15 is 0 Å². The molecule has 120 valence electrons. The van der Waals surface area contributed by atoms with E-state index in [1.54, 1.807) is 0 Å². The number of ether oxygens (including phenoxy) is 1. The number of hydrogen-bond acceptors (Lipinski definition) is 3. The van der Waals surface area contributed by atoms with Crippen LogP contribution in [0.1, 0.15) is 18.7 Å². The van der Waals surface area contributed by atoms with Gasteiger partial charge in [-0.05, 0) is 26.0 Å². The lowest BCUT2D eigenvalue weighted by Gasteiger charge is -2.30. The number of para-hydroxylation sites is 1. The highest BCUT2D eigenvalue weighted by atomic mass is 16.5. The smallest absolute Gasteiger partial charge is 0.0710 e. The molecule has 1 fully saturated rings. The number of rotatable bonds is 3. The third-order valence-electron chi connectivity index (χ3n) is 4.87. The fourth-order valence-electron chi connectivity index (χ4n) is 3.81. The maximum Gasteiger partial charge on any atom is 0.0710 e. The lowest BCUT2D eigenvalue weighted by molar-refractivity contribution is 0.0330. The quantitative estimate of drug-likeness (QED) is 0.743. The standard InChI is InChI=1S/C19H23N3O/c1-14(13-21-9-11-23-12-10-21)22-18-6-4-3-5-16(18)17-7-8-20-15(2)19(17)22/h3-8,14H,9-13H2,1-2H3. The molecule has 0 aliphatic carbocycles. The molecular formula is C19H23N3O. The summed E-state index contributed by atoms with van der Waals surface area (Å²) in [5.41, 5.74) is 3.68. The number of hydrogen-bond donors (Lipinski definition) is 0. The Hall–Kier alpha value is -1.91. The SMILES string of the molecule is Cc1nccc2c3ccccc3n(C(C)CN3CCOCC3)c12. The second-order valence-corrected chi connectivity index (χ2v) is 6.44. The van der Waals surface area contributed by atoms with E-state index in [1.165, 1.54) is 21.8 Å². The van der Waals surface area contributed by atoms with Crippen molar-refractivity contribution < 1.29 is 4.74 Å². The molecule has 0 saturated carbocycles. The molecular weight excluding hydrogens is 286 g/mol.